The summed E-state index contributed by atoms with van der Waals surface area (Å²) in [6, 6.07) is -13.1. The first-order valence-corrected chi connectivity index (χ1v) is 23.9. The van der Waals surface area contributed by atoms with Crippen molar-refractivity contribution >= 4 is 65.0 Å². The highest BCUT2D eigenvalue weighted by Gasteiger charge is 2.38. The van der Waals surface area contributed by atoms with Crippen molar-refractivity contribution in [1.82, 2.24) is 67.8 Å². The SMILES string of the molecule is CC[C@H](C)[C@H](NC(=O)[C@H](CC(C)C)NC(=O)[C@H](Cc1cnc[nH]1)NC(=O)[C@H](C)NC(=O)[C@H](CCC(N)=O)NC(=O)CN)C(=O)N[C@H](C(=O)N[C@H](C(=O)N[C@@H](C)C(=O)N[C@@H](Cc1cnc[nH]1)C(=O)O)[C@@H](C)O)[C@@H](C)O. The summed E-state index contributed by atoms with van der Waals surface area (Å²) in [6.45, 7) is 11.2. The Kier molecular flexibility index (Phi) is 25.8. The van der Waals surface area contributed by atoms with E-state index >= 15 is 0 Å². The molecule has 0 fully saturated rings. The Morgan fingerprint density at radius 1 is 0.554 bits per heavy atom. The number of H-pyrrole nitrogens is 2. The van der Waals surface area contributed by atoms with Crippen LogP contribution in [-0.2, 0) is 65.6 Å². The van der Waals surface area contributed by atoms with E-state index < -0.39 is 144 Å². The number of carbonyl (C=O) groups excluding carboxylic acids is 10. The average molecular weight is 1050 g/mol. The Bertz CT molecular complexity index is 2220. The van der Waals surface area contributed by atoms with Gasteiger partial charge in [0.05, 0.1) is 31.4 Å². The molecule has 0 radical (unpaired) electrons. The van der Waals surface area contributed by atoms with Crippen LogP contribution >= 0.6 is 0 Å². The number of nitrogens with two attached hydrogens (primary N) is 2. The molecule has 2 rings (SSSR count). The highest BCUT2D eigenvalue weighted by molar-refractivity contribution is 5.98. The molecule has 0 aliphatic rings. The number of nitrogens with zero attached hydrogens (tertiary/aromatic N) is 2. The van der Waals surface area contributed by atoms with Gasteiger partial charge in [0.15, 0.2) is 0 Å². The van der Waals surface area contributed by atoms with Crippen molar-refractivity contribution in [2.45, 2.75) is 160 Å². The summed E-state index contributed by atoms with van der Waals surface area (Å²) in [5.74, 6) is -11.3. The molecule has 74 heavy (non-hydrogen) atoms. The van der Waals surface area contributed by atoms with E-state index in [-0.39, 0.29) is 44.4 Å². The number of carbonyl (C=O) groups is 11. The third-order valence-corrected chi connectivity index (χ3v) is 11.5. The summed E-state index contributed by atoms with van der Waals surface area (Å²) < 4.78 is 0. The second kappa shape index (κ2) is 30.5. The number of aliphatic hydroxyl groups is 2. The predicted octanol–water partition coefficient (Wildman–Crippen LogP) is -5.52. The Morgan fingerprint density at radius 2 is 0.973 bits per heavy atom. The number of aliphatic hydroxyl groups excluding tert-OH is 2. The van der Waals surface area contributed by atoms with Gasteiger partial charge in [-0.05, 0) is 52.4 Å². The van der Waals surface area contributed by atoms with Crippen molar-refractivity contribution in [2.75, 3.05) is 6.54 Å². The van der Waals surface area contributed by atoms with Crippen LogP contribution in [-0.4, -0.2) is 173 Å². The van der Waals surface area contributed by atoms with Gasteiger partial charge in [-0.3, -0.25) is 47.9 Å². The van der Waals surface area contributed by atoms with E-state index in [0.29, 0.717) is 11.4 Å². The summed E-state index contributed by atoms with van der Waals surface area (Å²) in [5, 5.41) is 52.7. The van der Waals surface area contributed by atoms with Gasteiger partial charge in [0.1, 0.15) is 54.4 Å². The quantitative estimate of drug-likeness (QED) is 0.0325. The number of nitrogens with one attached hydrogen (secondary N) is 11. The predicted molar refractivity (Wildman–Crippen MR) is 261 cm³/mol. The molecule has 29 heteroatoms. The zero-order valence-electron chi connectivity index (χ0n) is 42.6. The third kappa shape index (κ3) is 20.9. The number of carboxylic acid groups (broad SMARTS) is 1. The van der Waals surface area contributed by atoms with Gasteiger partial charge in [0, 0.05) is 43.0 Å². The van der Waals surface area contributed by atoms with E-state index in [4.69, 9.17) is 11.5 Å². The van der Waals surface area contributed by atoms with Gasteiger partial charge < -0.3 is 84.6 Å². The number of hydrogen-bond donors (Lipinski definition) is 16. The van der Waals surface area contributed by atoms with Crippen molar-refractivity contribution in [2.24, 2.45) is 23.3 Å². The van der Waals surface area contributed by atoms with Gasteiger partial charge in [-0.15, -0.1) is 0 Å². The molecule has 0 bridgehead atoms. The van der Waals surface area contributed by atoms with Gasteiger partial charge >= 0.3 is 5.97 Å². The van der Waals surface area contributed by atoms with Gasteiger partial charge in [0.25, 0.3) is 0 Å². The number of rotatable bonds is 32. The van der Waals surface area contributed by atoms with E-state index in [1.54, 1.807) is 27.7 Å². The molecule has 0 aromatic carbocycles. The molecular weight excluding hydrogens is 975 g/mol. The first-order valence-electron chi connectivity index (χ1n) is 23.9. The fourth-order valence-electron chi connectivity index (χ4n) is 7.02. The minimum atomic E-state index is -1.80. The van der Waals surface area contributed by atoms with Crippen LogP contribution in [0.15, 0.2) is 25.0 Å². The summed E-state index contributed by atoms with van der Waals surface area (Å²) >= 11 is 0. The van der Waals surface area contributed by atoms with Gasteiger partial charge in [-0.1, -0.05) is 34.1 Å². The lowest BCUT2D eigenvalue weighted by Crippen LogP contribution is -2.63. The van der Waals surface area contributed by atoms with E-state index in [1.165, 1.54) is 38.9 Å². The lowest BCUT2D eigenvalue weighted by molar-refractivity contribution is -0.142. The Hall–Kier alpha value is -7.53. The maximum absolute atomic E-state index is 14.2. The maximum Gasteiger partial charge on any atom is 0.326 e. The van der Waals surface area contributed by atoms with Crippen molar-refractivity contribution in [3.05, 3.63) is 36.4 Å². The number of hydrogen-bond acceptors (Lipinski definition) is 16. The second-order valence-electron chi connectivity index (χ2n) is 18.3. The number of carboxylic acids is 1. The fraction of sp³-hybridized carbons (Fsp3) is 0.622. The molecule has 10 amide bonds. The molecular formula is C45H73N15O14. The second-order valence-corrected chi connectivity index (χ2v) is 18.3. The zero-order chi connectivity index (χ0) is 56.0. The molecule has 2 aromatic heterocycles. The van der Waals surface area contributed by atoms with Crippen molar-refractivity contribution in [3.63, 3.8) is 0 Å². The van der Waals surface area contributed by atoms with Crippen LogP contribution in [0.25, 0.3) is 0 Å². The minimum absolute atomic E-state index is 0.0118. The van der Waals surface area contributed by atoms with Crippen LogP contribution in [0, 0.1) is 11.8 Å². The highest BCUT2D eigenvalue weighted by atomic mass is 16.4. The van der Waals surface area contributed by atoms with Crippen LogP contribution in [0.2, 0.25) is 0 Å². The van der Waals surface area contributed by atoms with E-state index in [2.05, 4.69) is 67.8 Å². The van der Waals surface area contributed by atoms with Crippen molar-refractivity contribution < 1.29 is 68.1 Å². The smallest absolute Gasteiger partial charge is 0.326 e. The van der Waals surface area contributed by atoms with E-state index in [0.717, 1.165) is 13.8 Å². The van der Waals surface area contributed by atoms with E-state index in [1.807, 2.05) is 0 Å². The lowest BCUT2D eigenvalue weighted by atomic mass is 9.96. The Labute approximate surface area is 426 Å². The standard InChI is InChI=1S/C45H73N15O14/c1-9-21(4)34(42(70)59-36(25(8)62)44(72)60-35(24(7)61)43(71)53-23(6)38(66)57-31(45(73)74)14-27-17-49-19-51-27)58-41(69)29(12-20(2)3)56-40(68)30(13-26-16-48-18-50-26)55-37(65)22(5)52-39(67)28(10-11-32(47)63)54-33(64)15-46/h16-25,28-31,34-36,61-62H,9-15,46H2,1-8H3,(H2,47,63)(H,48,50)(H,49,51)(H,52,67)(H,53,71)(H,54,64)(H,55,65)(H,56,68)(H,57,66)(H,58,69)(H,59,70)(H,60,72)(H,73,74)/t21-,22-,23-,24+,25+,28-,29-,30-,31-,34-,35-,36-/m0/s1. The Morgan fingerprint density at radius 3 is 1.41 bits per heavy atom. The lowest BCUT2D eigenvalue weighted by Gasteiger charge is -2.31. The molecule has 2 aromatic rings. The molecule has 2 heterocycles. The van der Waals surface area contributed by atoms with Crippen LogP contribution in [0.1, 0.15) is 92.5 Å². The molecule has 29 nitrogen and oxygen atoms in total. The highest BCUT2D eigenvalue weighted by Crippen LogP contribution is 2.13. The Balaban J connectivity index is 2.28. The normalized spacial score (nSPS) is 16.1. The van der Waals surface area contributed by atoms with Gasteiger partial charge in [-0.25, -0.2) is 14.8 Å². The number of primary amides is 1. The van der Waals surface area contributed by atoms with Crippen molar-refractivity contribution in [3.8, 4) is 0 Å². The molecule has 12 atom stereocenters. The third-order valence-electron chi connectivity index (χ3n) is 11.5. The molecule has 0 saturated carbocycles. The first-order chi connectivity index (χ1) is 34.7. The van der Waals surface area contributed by atoms with Crippen LogP contribution in [0.4, 0.5) is 0 Å². The van der Waals surface area contributed by atoms with E-state index in [9.17, 15) is 68.1 Å². The number of aromatic amines is 2. The van der Waals surface area contributed by atoms with Crippen molar-refractivity contribution in [1.29, 1.82) is 0 Å². The average Bonchev–Trinajstić information content (AvgIpc) is 4.06. The minimum Gasteiger partial charge on any atom is -0.480 e. The number of amides is 10. The monoisotopic (exact) mass is 1050 g/mol. The molecule has 0 spiro atoms. The number of aliphatic carboxylic acids is 1. The topological polar surface area (TPSA) is 466 Å². The molecule has 412 valence electrons. The maximum atomic E-state index is 14.2. The first kappa shape index (κ1) is 62.6. The fourth-order valence-corrected chi connectivity index (χ4v) is 7.02. The van der Waals surface area contributed by atoms with Crippen LogP contribution in [0.5, 0.6) is 0 Å². The zero-order valence-corrected chi connectivity index (χ0v) is 42.6. The summed E-state index contributed by atoms with van der Waals surface area (Å²) in [5.41, 5.74) is 11.4. The van der Waals surface area contributed by atoms with Crippen LogP contribution < -0.4 is 59.3 Å². The van der Waals surface area contributed by atoms with Gasteiger partial charge in [-0.2, -0.15) is 0 Å². The molecule has 0 aliphatic heterocycles. The molecule has 0 unspecified atom stereocenters. The molecule has 0 aliphatic carbocycles. The summed E-state index contributed by atoms with van der Waals surface area (Å²) in [7, 11) is 0. The molecule has 18 N–H and O–H groups in total. The van der Waals surface area contributed by atoms with Crippen LogP contribution in [0.3, 0.4) is 0 Å². The number of imidazole rings is 2. The largest absolute Gasteiger partial charge is 0.480 e. The molecule has 0 saturated heterocycles. The van der Waals surface area contributed by atoms with Gasteiger partial charge in [0.2, 0.25) is 59.1 Å². The summed E-state index contributed by atoms with van der Waals surface area (Å²) in [4.78, 5) is 157. The summed E-state index contributed by atoms with van der Waals surface area (Å²) in [6.07, 6.45) is 1.63. The number of aromatic nitrogens is 4.